The third-order valence-corrected chi connectivity index (χ3v) is 2.37. The van der Waals surface area contributed by atoms with E-state index in [-0.39, 0.29) is 0 Å². The van der Waals surface area contributed by atoms with E-state index < -0.39 is 0 Å². The van der Waals surface area contributed by atoms with Crippen molar-refractivity contribution in [3.63, 3.8) is 0 Å². The highest BCUT2D eigenvalue weighted by molar-refractivity contribution is 5.07. The second-order valence-electron chi connectivity index (χ2n) is 3.82. The fourth-order valence-electron chi connectivity index (χ4n) is 1.44. The average molecular weight is 223 g/mol. The zero-order chi connectivity index (χ0) is 11.6. The summed E-state index contributed by atoms with van der Waals surface area (Å²) < 4.78 is 5.50. The van der Waals surface area contributed by atoms with Gasteiger partial charge in [0.25, 0.3) is 0 Å². The van der Waals surface area contributed by atoms with Gasteiger partial charge in [-0.15, -0.1) is 0 Å². The molecule has 2 N–H and O–H groups in total. The van der Waals surface area contributed by atoms with Gasteiger partial charge >= 0.3 is 0 Å². The molecule has 1 heterocycles. The van der Waals surface area contributed by atoms with Gasteiger partial charge in [0.2, 0.25) is 5.88 Å². The Kier molecular flexibility index (Phi) is 6.49. The van der Waals surface area contributed by atoms with Crippen molar-refractivity contribution in [3.05, 3.63) is 18.1 Å². The number of unbranched alkanes of at least 4 members (excludes halogenated alkanes) is 4. The highest BCUT2D eigenvalue weighted by atomic mass is 16.5. The lowest BCUT2D eigenvalue weighted by Crippen LogP contribution is -2.04. The minimum absolute atomic E-state index is 0.403. The van der Waals surface area contributed by atoms with Crippen LogP contribution in [0.5, 0.6) is 5.88 Å². The molecule has 0 aliphatic carbocycles. The first kappa shape index (κ1) is 12.9. The maximum absolute atomic E-state index is 5.50. The molecule has 0 radical (unpaired) electrons. The number of ether oxygens (including phenoxy) is 1. The molecule has 0 fully saturated rings. The monoisotopic (exact) mass is 223 g/mol. The number of hydrogen-bond donors (Lipinski definition) is 1. The van der Waals surface area contributed by atoms with Crippen LogP contribution in [0.15, 0.2) is 12.4 Å². The molecular weight excluding hydrogens is 202 g/mol. The van der Waals surface area contributed by atoms with Gasteiger partial charge < -0.3 is 10.5 Å². The quantitative estimate of drug-likeness (QED) is 0.687. The topological polar surface area (TPSA) is 61.0 Å². The van der Waals surface area contributed by atoms with Crippen molar-refractivity contribution in [1.29, 1.82) is 0 Å². The third kappa shape index (κ3) is 5.07. The minimum Gasteiger partial charge on any atom is -0.477 e. The molecule has 90 valence electrons. The third-order valence-electron chi connectivity index (χ3n) is 2.37. The van der Waals surface area contributed by atoms with Gasteiger partial charge in [0.15, 0.2) is 0 Å². The fourth-order valence-corrected chi connectivity index (χ4v) is 1.44. The minimum atomic E-state index is 0.403. The van der Waals surface area contributed by atoms with Crippen molar-refractivity contribution in [2.75, 3.05) is 6.61 Å². The molecule has 0 saturated heterocycles. The molecule has 4 heteroatoms. The van der Waals surface area contributed by atoms with E-state index in [1.54, 1.807) is 12.4 Å². The number of hydrogen-bond acceptors (Lipinski definition) is 4. The van der Waals surface area contributed by atoms with E-state index >= 15 is 0 Å². The van der Waals surface area contributed by atoms with Crippen LogP contribution in [0.4, 0.5) is 0 Å². The van der Waals surface area contributed by atoms with Gasteiger partial charge in [0.05, 0.1) is 18.5 Å². The van der Waals surface area contributed by atoms with E-state index in [1.165, 1.54) is 25.7 Å². The highest BCUT2D eigenvalue weighted by Gasteiger charge is 1.98. The highest BCUT2D eigenvalue weighted by Crippen LogP contribution is 2.07. The summed E-state index contributed by atoms with van der Waals surface area (Å²) in [6.45, 7) is 3.33. The van der Waals surface area contributed by atoms with Crippen molar-refractivity contribution in [1.82, 2.24) is 9.97 Å². The molecule has 16 heavy (non-hydrogen) atoms. The van der Waals surface area contributed by atoms with Gasteiger partial charge in [-0.05, 0) is 6.42 Å². The Morgan fingerprint density at radius 3 is 2.75 bits per heavy atom. The molecule has 0 amide bonds. The van der Waals surface area contributed by atoms with Crippen molar-refractivity contribution in [2.45, 2.75) is 45.6 Å². The molecule has 4 nitrogen and oxygen atoms in total. The standard InChI is InChI=1S/C12H21N3O/c1-2-3-4-5-6-7-16-12-10-14-9-11(8-13)15-12/h9-10H,2-8,13H2,1H3. The van der Waals surface area contributed by atoms with E-state index in [0.29, 0.717) is 19.0 Å². The van der Waals surface area contributed by atoms with Gasteiger partial charge in [-0.1, -0.05) is 32.6 Å². The summed E-state index contributed by atoms with van der Waals surface area (Å²) >= 11 is 0. The summed E-state index contributed by atoms with van der Waals surface area (Å²) in [6, 6.07) is 0. The van der Waals surface area contributed by atoms with Crippen LogP contribution in [0.2, 0.25) is 0 Å². The molecule has 0 saturated carbocycles. The van der Waals surface area contributed by atoms with Crippen molar-refractivity contribution < 1.29 is 4.74 Å². The summed E-state index contributed by atoms with van der Waals surface area (Å²) in [5.41, 5.74) is 6.24. The number of nitrogens with two attached hydrogens (primary N) is 1. The first-order valence-corrected chi connectivity index (χ1v) is 6.00. The number of aromatic nitrogens is 2. The van der Waals surface area contributed by atoms with E-state index in [4.69, 9.17) is 10.5 Å². The van der Waals surface area contributed by atoms with Crippen LogP contribution in [0, 0.1) is 0 Å². The van der Waals surface area contributed by atoms with E-state index in [1.807, 2.05) is 0 Å². The Balaban J connectivity index is 2.16. The molecular formula is C12H21N3O. The molecule has 0 spiro atoms. The SMILES string of the molecule is CCCCCCCOc1cncc(CN)n1. The van der Waals surface area contributed by atoms with E-state index in [2.05, 4.69) is 16.9 Å². The summed E-state index contributed by atoms with van der Waals surface area (Å²) in [5, 5.41) is 0. The second kappa shape index (κ2) is 8.05. The lowest BCUT2D eigenvalue weighted by atomic mass is 10.2. The first-order valence-electron chi connectivity index (χ1n) is 6.00. The molecule has 0 atom stereocenters. The van der Waals surface area contributed by atoms with E-state index in [9.17, 15) is 0 Å². The predicted octanol–water partition coefficient (Wildman–Crippen LogP) is 2.28. The molecule has 0 bridgehead atoms. The lowest BCUT2D eigenvalue weighted by molar-refractivity contribution is 0.291. The number of nitrogens with zero attached hydrogens (tertiary/aromatic N) is 2. The lowest BCUT2D eigenvalue weighted by Gasteiger charge is -2.05. The van der Waals surface area contributed by atoms with Crippen molar-refractivity contribution in [2.24, 2.45) is 5.73 Å². The largest absolute Gasteiger partial charge is 0.477 e. The van der Waals surface area contributed by atoms with Crippen LogP contribution in [0.3, 0.4) is 0 Å². The van der Waals surface area contributed by atoms with Crippen LogP contribution < -0.4 is 10.5 Å². The Morgan fingerprint density at radius 1 is 1.19 bits per heavy atom. The first-order chi connectivity index (χ1) is 7.86. The Labute approximate surface area is 97.2 Å². The molecule has 1 aromatic rings. The summed E-state index contributed by atoms with van der Waals surface area (Å²) in [4.78, 5) is 8.23. The van der Waals surface area contributed by atoms with Crippen LogP contribution in [-0.4, -0.2) is 16.6 Å². The molecule has 1 rings (SSSR count). The zero-order valence-corrected chi connectivity index (χ0v) is 9.98. The normalized spacial score (nSPS) is 10.4. The number of rotatable bonds is 8. The Morgan fingerprint density at radius 2 is 2.00 bits per heavy atom. The Hall–Kier alpha value is -1.16. The maximum Gasteiger partial charge on any atom is 0.232 e. The van der Waals surface area contributed by atoms with Crippen molar-refractivity contribution in [3.8, 4) is 5.88 Å². The van der Waals surface area contributed by atoms with Gasteiger partial charge in [-0.25, -0.2) is 4.98 Å². The summed E-state index contributed by atoms with van der Waals surface area (Å²) in [7, 11) is 0. The molecule has 1 aromatic heterocycles. The van der Waals surface area contributed by atoms with Gasteiger partial charge in [0.1, 0.15) is 0 Å². The summed E-state index contributed by atoms with van der Waals surface area (Å²) in [5.74, 6) is 0.582. The summed E-state index contributed by atoms with van der Waals surface area (Å²) in [6.07, 6.45) is 9.45. The van der Waals surface area contributed by atoms with E-state index in [0.717, 1.165) is 12.1 Å². The maximum atomic E-state index is 5.50. The van der Waals surface area contributed by atoms with Crippen LogP contribution in [-0.2, 0) is 6.54 Å². The Bertz CT molecular complexity index is 291. The average Bonchev–Trinajstić information content (AvgIpc) is 2.34. The molecule has 0 aliphatic rings. The smallest absolute Gasteiger partial charge is 0.232 e. The fraction of sp³-hybridized carbons (Fsp3) is 0.667. The van der Waals surface area contributed by atoms with Crippen LogP contribution in [0.25, 0.3) is 0 Å². The molecule has 0 aliphatic heterocycles. The second-order valence-corrected chi connectivity index (χ2v) is 3.82. The van der Waals surface area contributed by atoms with Gasteiger partial charge in [0, 0.05) is 12.7 Å². The van der Waals surface area contributed by atoms with Gasteiger partial charge in [-0.3, -0.25) is 4.98 Å². The van der Waals surface area contributed by atoms with Crippen LogP contribution in [0.1, 0.15) is 44.7 Å². The zero-order valence-electron chi connectivity index (χ0n) is 9.98. The van der Waals surface area contributed by atoms with Crippen LogP contribution >= 0.6 is 0 Å². The van der Waals surface area contributed by atoms with Crippen molar-refractivity contribution >= 4 is 0 Å². The molecule has 0 aromatic carbocycles. The predicted molar refractivity (Wildman–Crippen MR) is 64.2 cm³/mol. The van der Waals surface area contributed by atoms with Gasteiger partial charge in [-0.2, -0.15) is 0 Å². The molecule has 0 unspecified atom stereocenters.